The predicted octanol–water partition coefficient (Wildman–Crippen LogP) is 0.976. The Morgan fingerprint density at radius 2 is 1.88 bits per heavy atom. The average Bonchev–Trinajstić information content (AvgIpc) is 2.17. The Morgan fingerprint density at radius 3 is 2.31 bits per heavy atom. The van der Waals surface area contributed by atoms with E-state index < -0.39 is 23.1 Å². The second kappa shape index (κ2) is 4.15. The quantitative estimate of drug-likeness (QED) is 0.768. The van der Waals surface area contributed by atoms with Crippen LogP contribution in [0.4, 0.5) is 13.2 Å². The summed E-state index contributed by atoms with van der Waals surface area (Å²) in [4.78, 5) is 22.6. The molecule has 1 heterocycles. The van der Waals surface area contributed by atoms with Gasteiger partial charge in [-0.05, 0) is 6.42 Å². The van der Waals surface area contributed by atoms with Crippen molar-refractivity contribution >= 4 is 0 Å². The minimum Gasteiger partial charge on any atom is -0.289 e. The Labute approximate surface area is 88.9 Å². The van der Waals surface area contributed by atoms with Gasteiger partial charge in [-0.25, -0.2) is 4.79 Å². The highest BCUT2D eigenvalue weighted by Gasteiger charge is 2.35. The summed E-state index contributed by atoms with van der Waals surface area (Å²) in [5, 5.41) is 0. The summed E-state index contributed by atoms with van der Waals surface area (Å²) >= 11 is 0. The van der Waals surface area contributed by atoms with Crippen LogP contribution in [-0.2, 0) is 19.8 Å². The smallest absolute Gasteiger partial charge is 0.289 e. The highest BCUT2D eigenvalue weighted by atomic mass is 19.4. The maximum atomic E-state index is 12.6. The number of hydrogen-bond donors (Lipinski definition) is 0. The van der Waals surface area contributed by atoms with Crippen LogP contribution in [0.5, 0.6) is 0 Å². The van der Waals surface area contributed by atoms with Gasteiger partial charge >= 0.3 is 11.9 Å². The van der Waals surface area contributed by atoms with Gasteiger partial charge in [0.05, 0.1) is 0 Å². The molecule has 0 unspecified atom stereocenters. The van der Waals surface area contributed by atoms with E-state index >= 15 is 0 Å². The Balaban J connectivity index is 3.61. The fourth-order valence-corrected chi connectivity index (χ4v) is 1.34. The molecule has 4 nitrogen and oxygen atoms in total. The van der Waals surface area contributed by atoms with Crippen LogP contribution >= 0.6 is 0 Å². The van der Waals surface area contributed by atoms with E-state index in [-0.39, 0.29) is 6.54 Å². The Bertz CT molecular complexity index is 499. The maximum Gasteiger partial charge on any atom is 0.431 e. The van der Waals surface area contributed by atoms with Gasteiger partial charge in [0.1, 0.15) is 5.69 Å². The topological polar surface area (TPSA) is 44.0 Å². The highest BCUT2D eigenvalue weighted by molar-refractivity contribution is 5.06. The van der Waals surface area contributed by atoms with Crippen LogP contribution in [0.3, 0.4) is 0 Å². The molecule has 1 rings (SSSR count). The predicted molar refractivity (Wildman–Crippen MR) is 51.2 cm³/mol. The van der Waals surface area contributed by atoms with Crippen LogP contribution in [0.2, 0.25) is 0 Å². The number of aromatic nitrogens is 2. The summed E-state index contributed by atoms with van der Waals surface area (Å²) in [6.45, 7) is 1.58. The molecule has 0 N–H and O–H groups in total. The fraction of sp³-hybridized carbons (Fsp3) is 0.556. The number of hydrogen-bond acceptors (Lipinski definition) is 2. The molecule has 1 aromatic heterocycles. The number of nitrogens with zero attached hydrogens (tertiary/aromatic N) is 2. The molecule has 0 saturated heterocycles. The molecule has 0 bridgehead atoms. The van der Waals surface area contributed by atoms with Crippen molar-refractivity contribution in [2.45, 2.75) is 26.1 Å². The first-order chi connectivity index (χ1) is 7.29. The van der Waals surface area contributed by atoms with Gasteiger partial charge in [0, 0.05) is 19.7 Å². The second-order valence-electron chi connectivity index (χ2n) is 3.36. The SMILES string of the molecule is CCCn1c(C(F)(F)F)cc(=O)n(C)c1=O. The first-order valence-electron chi connectivity index (χ1n) is 4.67. The molecule has 90 valence electrons. The van der Waals surface area contributed by atoms with E-state index in [0.717, 1.165) is 7.05 Å². The zero-order chi connectivity index (χ0) is 12.5. The lowest BCUT2D eigenvalue weighted by atomic mass is 10.3. The Kier molecular flexibility index (Phi) is 3.25. The molecule has 1 aromatic rings. The summed E-state index contributed by atoms with van der Waals surface area (Å²) in [5.74, 6) is 0. The number of rotatable bonds is 2. The van der Waals surface area contributed by atoms with Crippen molar-refractivity contribution in [3.8, 4) is 0 Å². The molecule has 0 aliphatic carbocycles. The third-order valence-corrected chi connectivity index (χ3v) is 2.14. The number of halogens is 3. The van der Waals surface area contributed by atoms with E-state index in [1.165, 1.54) is 0 Å². The van der Waals surface area contributed by atoms with Gasteiger partial charge in [0.15, 0.2) is 0 Å². The van der Waals surface area contributed by atoms with E-state index in [9.17, 15) is 22.8 Å². The fourth-order valence-electron chi connectivity index (χ4n) is 1.34. The molecule has 0 atom stereocenters. The lowest BCUT2D eigenvalue weighted by molar-refractivity contribution is -0.144. The van der Waals surface area contributed by atoms with E-state index in [0.29, 0.717) is 21.6 Å². The van der Waals surface area contributed by atoms with Gasteiger partial charge in [0.25, 0.3) is 5.56 Å². The molecule has 0 saturated carbocycles. The molecule has 0 aliphatic heterocycles. The van der Waals surface area contributed by atoms with Crippen LogP contribution in [0.15, 0.2) is 15.7 Å². The molecule has 16 heavy (non-hydrogen) atoms. The second-order valence-corrected chi connectivity index (χ2v) is 3.36. The summed E-state index contributed by atoms with van der Waals surface area (Å²) in [5.41, 5.74) is -3.09. The largest absolute Gasteiger partial charge is 0.431 e. The lowest BCUT2D eigenvalue weighted by Crippen LogP contribution is -2.41. The molecular weight excluding hydrogens is 225 g/mol. The van der Waals surface area contributed by atoms with E-state index in [1.807, 2.05) is 0 Å². The van der Waals surface area contributed by atoms with Crippen LogP contribution in [0, 0.1) is 0 Å². The standard InChI is InChI=1S/C9H11F3N2O2/c1-3-4-14-6(9(10,11)12)5-7(15)13(2)8(14)16/h5H,3-4H2,1-2H3. The van der Waals surface area contributed by atoms with E-state index in [2.05, 4.69) is 0 Å². The van der Waals surface area contributed by atoms with Crippen molar-refractivity contribution in [3.63, 3.8) is 0 Å². The minimum atomic E-state index is -4.69. The van der Waals surface area contributed by atoms with E-state index in [1.54, 1.807) is 6.92 Å². The third-order valence-electron chi connectivity index (χ3n) is 2.14. The third kappa shape index (κ3) is 2.17. The number of alkyl halides is 3. The van der Waals surface area contributed by atoms with Crippen molar-refractivity contribution in [1.82, 2.24) is 9.13 Å². The zero-order valence-corrected chi connectivity index (χ0v) is 8.84. The molecule has 7 heteroatoms. The van der Waals surface area contributed by atoms with Crippen LogP contribution in [0.1, 0.15) is 19.0 Å². The van der Waals surface area contributed by atoms with Gasteiger partial charge in [-0.3, -0.25) is 13.9 Å². The summed E-state index contributed by atoms with van der Waals surface area (Å²) in [6.07, 6.45) is -4.32. The monoisotopic (exact) mass is 236 g/mol. The van der Waals surface area contributed by atoms with Crippen molar-refractivity contribution in [1.29, 1.82) is 0 Å². The minimum absolute atomic E-state index is 0.0677. The van der Waals surface area contributed by atoms with Gasteiger partial charge < -0.3 is 0 Å². The van der Waals surface area contributed by atoms with Crippen LogP contribution in [0.25, 0.3) is 0 Å². The summed E-state index contributed by atoms with van der Waals surface area (Å²) in [7, 11) is 1.15. The van der Waals surface area contributed by atoms with E-state index in [4.69, 9.17) is 0 Å². The molecule has 0 amide bonds. The molecule has 0 spiro atoms. The van der Waals surface area contributed by atoms with Gasteiger partial charge in [-0.2, -0.15) is 13.2 Å². The van der Waals surface area contributed by atoms with Gasteiger partial charge in [-0.15, -0.1) is 0 Å². The molecular formula is C9H11F3N2O2. The van der Waals surface area contributed by atoms with Crippen molar-refractivity contribution in [2.24, 2.45) is 7.05 Å². The normalized spacial score (nSPS) is 11.8. The van der Waals surface area contributed by atoms with Crippen LogP contribution in [-0.4, -0.2) is 9.13 Å². The highest BCUT2D eigenvalue weighted by Crippen LogP contribution is 2.27. The Hall–Kier alpha value is -1.53. The van der Waals surface area contributed by atoms with Crippen LogP contribution < -0.4 is 11.2 Å². The first kappa shape index (κ1) is 12.5. The molecule has 0 aromatic carbocycles. The molecule has 0 aliphatic rings. The van der Waals surface area contributed by atoms with Crippen molar-refractivity contribution in [2.75, 3.05) is 0 Å². The Morgan fingerprint density at radius 1 is 1.31 bits per heavy atom. The summed E-state index contributed by atoms with van der Waals surface area (Å²) < 4.78 is 38.9. The van der Waals surface area contributed by atoms with Crippen molar-refractivity contribution in [3.05, 3.63) is 32.6 Å². The van der Waals surface area contributed by atoms with Gasteiger partial charge in [0.2, 0.25) is 0 Å². The summed E-state index contributed by atoms with van der Waals surface area (Å²) in [6, 6.07) is 0.442. The van der Waals surface area contributed by atoms with Crippen molar-refractivity contribution < 1.29 is 13.2 Å². The average molecular weight is 236 g/mol. The molecule has 0 fully saturated rings. The van der Waals surface area contributed by atoms with Gasteiger partial charge in [-0.1, -0.05) is 6.92 Å². The molecule has 0 radical (unpaired) electrons. The maximum absolute atomic E-state index is 12.6. The zero-order valence-electron chi connectivity index (χ0n) is 8.84. The first-order valence-corrected chi connectivity index (χ1v) is 4.67. The lowest BCUT2D eigenvalue weighted by Gasteiger charge is -2.14.